The summed E-state index contributed by atoms with van der Waals surface area (Å²) in [5, 5.41) is 0. The highest BCUT2D eigenvalue weighted by Gasteiger charge is 2.27. The lowest BCUT2D eigenvalue weighted by Crippen LogP contribution is -2.40. The van der Waals surface area contributed by atoms with Crippen LogP contribution in [-0.4, -0.2) is 37.1 Å². The number of benzene rings is 2. The highest BCUT2D eigenvalue weighted by molar-refractivity contribution is 5.95. The molecule has 0 radical (unpaired) electrons. The Labute approximate surface area is 162 Å². The van der Waals surface area contributed by atoms with Crippen molar-refractivity contribution in [1.82, 2.24) is 4.90 Å². The van der Waals surface area contributed by atoms with E-state index in [9.17, 15) is 4.79 Å². The molecule has 0 aliphatic heterocycles. The van der Waals surface area contributed by atoms with Crippen LogP contribution in [0.5, 0.6) is 11.5 Å². The van der Waals surface area contributed by atoms with Crippen LogP contribution in [0.4, 0.5) is 0 Å². The number of methoxy groups -OCH3 is 1. The number of ether oxygens (including phenoxy) is 2. The van der Waals surface area contributed by atoms with Crippen LogP contribution >= 0.6 is 0 Å². The Hall–Kier alpha value is -2.49. The van der Waals surface area contributed by atoms with Crippen LogP contribution in [0.15, 0.2) is 48.5 Å². The summed E-state index contributed by atoms with van der Waals surface area (Å²) in [6.45, 7) is 3.24. The Kier molecular flexibility index (Phi) is 6.74. The minimum atomic E-state index is 0.0826. The molecule has 0 atom stereocenters. The van der Waals surface area contributed by atoms with Crippen LogP contribution in [0.25, 0.3) is 0 Å². The zero-order valence-corrected chi connectivity index (χ0v) is 16.3. The summed E-state index contributed by atoms with van der Waals surface area (Å²) in [4.78, 5) is 15.4. The predicted molar refractivity (Wildman–Crippen MR) is 108 cm³/mol. The van der Waals surface area contributed by atoms with Crippen LogP contribution in [0.3, 0.4) is 0 Å². The molecular formula is C23H29NO3. The van der Waals surface area contributed by atoms with Crippen molar-refractivity contribution in [1.29, 1.82) is 0 Å². The second kappa shape index (κ2) is 9.45. The molecule has 0 heterocycles. The molecule has 0 unspecified atom stereocenters. The molecule has 0 spiro atoms. The molecule has 1 aliphatic carbocycles. The van der Waals surface area contributed by atoms with Crippen LogP contribution in [0, 0.1) is 0 Å². The lowest BCUT2D eigenvalue weighted by molar-refractivity contribution is 0.0683. The molecule has 3 rings (SSSR count). The van der Waals surface area contributed by atoms with E-state index < -0.39 is 0 Å². The van der Waals surface area contributed by atoms with Crippen LogP contribution in [0.2, 0.25) is 0 Å². The van der Waals surface area contributed by atoms with E-state index in [0.717, 1.165) is 25.8 Å². The third-order valence-electron chi connectivity index (χ3n) is 5.22. The summed E-state index contributed by atoms with van der Waals surface area (Å²) in [6.07, 6.45) is 5.46. The van der Waals surface area contributed by atoms with Crippen molar-refractivity contribution in [2.75, 3.05) is 20.3 Å². The number of rotatable bonds is 8. The van der Waals surface area contributed by atoms with Gasteiger partial charge >= 0.3 is 0 Å². The highest BCUT2D eigenvalue weighted by Crippen LogP contribution is 2.30. The molecule has 1 fully saturated rings. The van der Waals surface area contributed by atoms with Gasteiger partial charge in [0.15, 0.2) is 11.5 Å². The quantitative estimate of drug-likeness (QED) is 0.677. The summed E-state index contributed by atoms with van der Waals surface area (Å²) in [7, 11) is 1.61. The Bertz CT molecular complexity index is 739. The molecule has 4 heteroatoms. The first-order valence-electron chi connectivity index (χ1n) is 9.88. The molecule has 1 saturated carbocycles. The van der Waals surface area contributed by atoms with Gasteiger partial charge in [-0.25, -0.2) is 0 Å². The summed E-state index contributed by atoms with van der Waals surface area (Å²) in [5.74, 6) is 1.37. The van der Waals surface area contributed by atoms with Crippen molar-refractivity contribution in [2.45, 2.75) is 45.1 Å². The van der Waals surface area contributed by atoms with Gasteiger partial charge in [-0.1, -0.05) is 43.2 Å². The van der Waals surface area contributed by atoms with Gasteiger partial charge in [-0.3, -0.25) is 4.79 Å². The maximum Gasteiger partial charge on any atom is 0.254 e. The first-order chi connectivity index (χ1) is 13.2. The van der Waals surface area contributed by atoms with E-state index in [1.807, 2.05) is 37.3 Å². The van der Waals surface area contributed by atoms with E-state index >= 15 is 0 Å². The number of nitrogens with zero attached hydrogens (tertiary/aromatic N) is 1. The smallest absolute Gasteiger partial charge is 0.254 e. The normalized spacial score (nSPS) is 14.1. The third-order valence-corrected chi connectivity index (χ3v) is 5.22. The van der Waals surface area contributed by atoms with Crippen LogP contribution in [-0.2, 0) is 6.42 Å². The Morgan fingerprint density at radius 3 is 2.48 bits per heavy atom. The molecule has 4 nitrogen and oxygen atoms in total. The highest BCUT2D eigenvalue weighted by atomic mass is 16.5. The standard InChI is InChI=1S/C23H29NO3/c1-3-27-21-14-13-19(17-22(21)26-2)23(25)24(20-11-7-8-12-20)16-15-18-9-5-4-6-10-18/h4-6,9-10,13-14,17,20H,3,7-8,11-12,15-16H2,1-2H3. The minimum Gasteiger partial charge on any atom is -0.493 e. The number of carbonyl (C=O) groups excluding carboxylic acids is 1. The molecular weight excluding hydrogens is 338 g/mol. The van der Waals surface area contributed by atoms with Gasteiger partial charge < -0.3 is 14.4 Å². The number of carbonyl (C=O) groups is 1. The van der Waals surface area contributed by atoms with Crippen LogP contribution in [0.1, 0.15) is 48.5 Å². The predicted octanol–water partition coefficient (Wildman–Crippen LogP) is 4.72. The Morgan fingerprint density at radius 2 is 1.81 bits per heavy atom. The molecule has 0 N–H and O–H groups in total. The molecule has 1 amide bonds. The van der Waals surface area contributed by atoms with Gasteiger partial charge in [0.25, 0.3) is 5.91 Å². The fraction of sp³-hybridized carbons (Fsp3) is 0.435. The summed E-state index contributed by atoms with van der Waals surface area (Å²) in [5.41, 5.74) is 1.92. The fourth-order valence-electron chi connectivity index (χ4n) is 3.80. The van der Waals surface area contributed by atoms with Crippen LogP contribution < -0.4 is 9.47 Å². The summed E-state index contributed by atoms with van der Waals surface area (Å²) < 4.78 is 11.0. The van der Waals surface area contributed by atoms with E-state index in [2.05, 4.69) is 17.0 Å². The third kappa shape index (κ3) is 4.82. The maximum atomic E-state index is 13.3. The van der Waals surface area contributed by atoms with Gasteiger partial charge in [0, 0.05) is 18.2 Å². The van der Waals surface area contributed by atoms with Crippen molar-refractivity contribution < 1.29 is 14.3 Å². The topological polar surface area (TPSA) is 38.8 Å². The first-order valence-corrected chi connectivity index (χ1v) is 9.88. The van der Waals surface area contributed by atoms with Gasteiger partial charge in [0.05, 0.1) is 13.7 Å². The average molecular weight is 367 g/mol. The van der Waals surface area contributed by atoms with Gasteiger partial charge in [0.2, 0.25) is 0 Å². The summed E-state index contributed by atoms with van der Waals surface area (Å²) in [6, 6.07) is 16.2. The Balaban J connectivity index is 1.79. The van der Waals surface area contributed by atoms with Gasteiger partial charge in [-0.2, -0.15) is 0 Å². The summed E-state index contributed by atoms with van der Waals surface area (Å²) >= 11 is 0. The van der Waals surface area contributed by atoms with Gasteiger partial charge in [-0.05, 0) is 49.9 Å². The Morgan fingerprint density at radius 1 is 1.07 bits per heavy atom. The molecule has 2 aromatic rings. The van der Waals surface area contributed by atoms with Crippen molar-refractivity contribution in [3.63, 3.8) is 0 Å². The lowest BCUT2D eigenvalue weighted by Gasteiger charge is -2.29. The van der Waals surface area contributed by atoms with Gasteiger partial charge in [0.1, 0.15) is 0 Å². The van der Waals surface area contributed by atoms with Crippen molar-refractivity contribution in [3.8, 4) is 11.5 Å². The van der Waals surface area contributed by atoms with E-state index in [0.29, 0.717) is 29.7 Å². The molecule has 2 aromatic carbocycles. The average Bonchev–Trinajstić information content (AvgIpc) is 3.24. The van der Waals surface area contributed by atoms with E-state index in [1.165, 1.54) is 18.4 Å². The number of amides is 1. The van der Waals surface area contributed by atoms with Crippen molar-refractivity contribution >= 4 is 5.91 Å². The lowest BCUT2D eigenvalue weighted by atomic mass is 10.1. The largest absolute Gasteiger partial charge is 0.493 e. The molecule has 27 heavy (non-hydrogen) atoms. The van der Waals surface area contributed by atoms with Crippen molar-refractivity contribution in [2.24, 2.45) is 0 Å². The van der Waals surface area contributed by atoms with E-state index in [-0.39, 0.29) is 5.91 Å². The number of hydrogen-bond donors (Lipinski definition) is 0. The van der Waals surface area contributed by atoms with E-state index in [4.69, 9.17) is 9.47 Å². The monoisotopic (exact) mass is 367 g/mol. The zero-order chi connectivity index (χ0) is 19.1. The first kappa shape index (κ1) is 19.3. The second-order valence-corrected chi connectivity index (χ2v) is 6.97. The number of hydrogen-bond acceptors (Lipinski definition) is 3. The van der Waals surface area contributed by atoms with Crippen molar-refractivity contribution in [3.05, 3.63) is 59.7 Å². The zero-order valence-electron chi connectivity index (χ0n) is 16.3. The molecule has 1 aliphatic rings. The maximum absolute atomic E-state index is 13.3. The molecule has 0 saturated heterocycles. The molecule has 144 valence electrons. The minimum absolute atomic E-state index is 0.0826. The fourth-order valence-corrected chi connectivity index (χ4v) is 3.80. The van der Waals surface area contributed by atoms with E-state index in [1.54, 1.807) is 13.2 Å². The molecule has 0 aromatic heterocycles. The van der Waals surface area contributed by atoms with Gasteiger partial charge in [-0.15, -0.1) is 0 Å². The SMILES string of the molecule is CCOc1ccc(C(=O)N(CCc2ccccc2)C2CCCC2)cc1OC. The molecule has 0 bridgehead atoms. The second-order valence-electron chi connectivity index (χ2n) is 6.97.